The molecule has 0 aliphatic heterocycles. The predicted molar refractivity (Wildman–Crippen MR) is 85.6 cm³/mol. The molecule has 0 amide bonds. The molecule has 0 saturated carbocycles. The van der Waals surface area contributed by atoms with Gasteiger partial charge < -0.3 is 10.1 Å². The summed E-state index contributed by atoms with van der Waals surface area (Å²) < 4.78 is 30.5. The molecule has 1 N–H and O–H groups in total. The van der Waals surface area contributed by atoms with E-state index >= 15 is 0 Å². The van der Waals surface area contributed by atoms with Crippen molar-refractivity contribution in [3.8, 4) is 5.75 Å². The smallest absolute Gasteiger partial charge is 0.155 e. The summed E-state index contributed by atoms with van der Waals surface area (Å²) >= 11 is 0. The van der Waals surface area contributed by atoms with Crippen molar-refractivity contribution in [2.45, 2.75) is 43.9 Å². The zero-order chi connectivity index (χ0) is 15.5. The van der Waals surface area contributed by atoms with Gasteiger partial charge in [0.2, 0.25) is 0 Å². The van der Waals surface area contributed by atoms with E-state index in [1.807, 2.05) is 32.2 Å². The second-order valence-corrected chi connectivity index (χ2v) is 7.97. The molecule has 0 spiro atoms. The second kappa shape index (κ2) is 6.79. The highest BCUT2D eigenvalue weighted by Crippen LogP contribution is 2.36. The summed E-state index contributed by atoms with van der Waals surface area (Å²) in [7, 11) is 0.396. The Hall–Kier alpha value is -1.07. The van der Waals surface area contributed by atoms with Crippen molar-refractivity contribution in [2.24, 2.45) is 0 Å². The highest BCUT2D eigenvalue weighted by molar-refractivity contribution is 7.92. The van der Waals surface area contributed by atoms with Gasteiger partial charge in [-0.25, -0.2) is 8.42 Å². The third kappa shape index (κ3) is 3.40. The molecule has 2 unspecified atom stereocenters. The van der Waals surface area contributed by atoms with Crippen molar-refractivity contribution >= 4 is 9.84 Å². The summed E-state index contributed by atoms with van der Waals surface area (Å²) in [5, 5.41) is 2.87. The number of sulfone groups is 1. The fraction of sp³-hybridized carbons (Fsp3) is 0.625. The molecule has 2 atom stereocenters. The zero-order valence-corrected chi connectivity index (χ0v) is 13.9. The molecular weight excluding hydrogens is 286 g/mol. The molecular formula is C16H25NO3S. The summed E-state index contributed by atoms with van der Waals surface area (Å²) in [4.78, 5) is 0. The van der Waals surface area contributed by atoms with Gasteiger partial charge in [0, 0.05) is 6.04 Å². The monoisotopic (exact) mass is 311 g/mol. The van der Waals surface area contributed by atoms with Crippen LogP contribution in [0.15, 0.2) is 18.2 Å². The van der Waals surface area contributed by atoms with Crippen LogP contribution >= 0.6 is 0 Å². The van der Waals surface area contributed by atoms with Gasteiger partial charge in [-0.05, 0) is 49.6 Å². The van der Waals surface area contributed by atoms with Gasteiger partial charge in [-0.2, -0.15) is 0 Å². The summed E-state index contributed by atoms with van der Waals surface area (Å²) in [6, 6.07) is 5.81. The van der Waals surface area contributed by atoms with E-state index in [2.05, 4.69) is 5.32 Å². The van der Waals surface area contributed by atoms with Crippen LogP contribution in [0.5, 0.6) is 5.75 Å². The molecule has 0 heterocycles. The lowest BCUT2D eigenvalue weighted by atomic mass is 9.87. The molecule has 0 fully saturated rings. The fourth-order valence-electron chi connectivity index (χ4n) is 3.11. The first kappa shape index (κ1) is 16.3. The van der Waals surface area contributed by atoms with Crippen LogP contribution in [0, 0.1) is 0 Å². The van der Waals surface area contributed by atoms with Gasteiger partial charge >= 0.3 is 0 Å². The first-order chi connectivity index (χ1) is 10.0. The normalized spacial score (nSPS) is 21.9. The Bertz CT molecular complexity index is 583. The largest absolute Gasteiger partial charge is 0.497 e. The first-order valence-corrected chi connectivity index (χ1v) is 9.30. The molecule has 0 radical (unpaired) electrons. The van der Waals surface area contributed by atoms with Crippen molar-refractivity contribution in [1.82, 2.24) is 5.32 Å². The number of hydrogen-bond acceptors (Lipinski definition) is 4. The van der Waals surface area contributed by atoms with Gasteiger partial charge in [-0.1, -0.05) is 19.4 Å². The molecule has 1 aromatic carbocycles. The molecule has 0 saturated heterocycles. The number of hydrogen-bond donors (Lipinski definition) is 1. The van der Waals surface area contributed by atoms with Crippen LogP contribution in [0.2, 0.25) is 0 Å². The highest BCUT2D eigenvalue weighted by Gasteiger charge is 2.37. The van der Waals surface area contributed by atoms with Gasteiger partial charge in [0.1, 0.15) is 5.75 Å². The summed E-state index contributed by atoms with van der Waals surface area (Å²) in [5.74, 6) is 1.06. The summed E-state index contributed by atoms with van der Waals surface area (Å²) in [5.41, 5.74) is 2.28. The average molecular weight is 311 g/mol. The molecule has 21 heavy (non-hydrogen) atoms. The van der Waals surface area contributed by atoms with Crippen LogP contribution in [0.4, 0.5) is 0 Å². The molecule has 1 aliphatic carbocycles. The van der Waals surface area contributed by atoms with Gasteiger partial charge in [-0.15, -0.1) is 0 Å². The van der Waals surface area contributed by atoms with Gasteiger partial charge in [-0.3, -0.25) is 0 Å². The van der Waals surface area contributed by atoms with Crippen LogP contribution in [-0.2, 0) is 16.3 Å². The average Bonchev–Trinajstić information content (AvgIpc) is 2.51. The number of nitrogens with one attached hydrogen (secondary N) is 1. The molecule has 2 rings (SSSR count). The van der Waals surface area contributed by atoms with Crippen molar-refractivity contribution in [1.29, 1.82) is 0 Å². The quantitative estimate of drug-likeness (QED) is 0.877. The third-order valence-corrected chi connectivity index (χ3v) is 6.60. The minimum atomic E-state index is -3.07. The number of aryl methyl sites for hydroxylation is 1. The Kier molecular flexibility index (Phi) is 5.27. The molecule has 4 nitrogen and oxygen atoms in total. The zero-order valence-electron chi connectivity index (χ0n) is 13.1. The topological polar surface area (TPSA) is 55.4 Å². The number of fused-ring (bicyclic) bond motifs is 1. The van der Waals surface area contributed by atoms with Gasteiger partial charge in [0.05, 0.1) is 18.1 Å². The van der Waals surface area contributed by atoms with E-state index in [9.17, 15) is 8.42 Å². The first-order valence-electron chi connectivity index (χ1n) is 7.59. The van der Waals surface area contributed by atoms with Crippen LogP contribution in [-0.4, -0.2) is 33.6 Å². The van der Waals surface area contributed by atoms with E-state index < -0.39 is 9.84 Å². The lowest BCUT2D eigenvalue weighted by Crippen LogP contribution is -2.40. The van der Waals surface area contributed by atoms with Crippen molar-refractivity contribution < 1.29 is 13.2 Å². The third-order valence-electron chi connectivity index (χ3n) is 4.31. The van der Waals surface area contributed by atoms with Crippen molar-refractivity contribution in [2.75, 3.05) is 19.9 Å². The number of methoxy groups -OCH3 is 1. The van der Waals surface area contributed by atoms with Crippen molar-refractivity contribution in [3.63, 3.8) is 0 Å². The van der Waals surface area contributed by atoms with E-state index in [1.54, 1.807) is 7.11 Å². The maximum Gasteiger partial charge on any atom is 0.155 e. The highest BCUT2D eigenvalue weighted by atomic mass is 32.2. The Labute approximate surface area is 127 Å². The lowest BCUT2D eigenvalue weighted by molar-refractivity contribution is 0.410. The summed E-state index contributed by atoms with van der Waals surface area (Å²) in [6.45, 7) is 2.02. The Morgan fingerprint density at radius 2 is 2.14 bits per heavy atom. The minimum absolute atomic E-state index is 0.147. The standard InChI is InChI=1S/C16H25NO3S/c1-4-5-10-21(18,19)15-9-7-12-6-8-13(20-3)11-14(12)16(15)17-2/h6,8,11,15-17H,4-5,7,9-10H2,1-3H3. The van der Waals surface area contributed by atoms with E-state index in [-0.39, 0.29) is 17.0 Å². The van der Waals surface area contributed by atoms with Gasteiger partial charge in [0.15, 0.2) is 9.84 Å². The molecule has 1 aliphatic rings. The Balaban J connectivity index is 2.34. The number of rotatable bonds is 6. The molecule has 118 valence electrons. The van der Waals surface area contributed by atoms with Crippen LogP contribution in [0.3, 0.4) is 0 Å². The van der Waals surface area contributed by atoms with Crippen LogP contribution < -0.4 is 10.1 Å². The van der Waals surface area contributed by atoms with Gasteiger partial charge in [0.25, 0.3) is 0 Å². The summed E-state index contributed by atoms with van der Waals surface area (Å²) in [6.07, 6.45) is 3.14. The number of benzene rings is 1. The predicted octanol–water partition coefficient (Wildman–Crippen LogP) is 2.49. The van der Waals surface area contributed by atoms with E-state index in [0.29, 0.717) is 6.42 Å². The fourth-order valence-corrected chi connectivity index (χ4v) is 5.28. The molecule has 5 heteroatoms. The molecule has 1 aromatic rings. The van der Waals surface area contributed by atoms with Crippen LogP contribution in [0.1, 0.15) is 43.4 Å². The number of unbranched alkanes of at least 4 members (excludes halogenated alkanes) is 1. The Morgan fingerprint density at radius 3 is 2.76 bits per heavy atom. The van der Waals surface area contributed by atoms with Crippen molar-refractivity contribution in [3.05, 3.63) is 29.3 Å². The van der Waals surface area contributed by atoms with Crippen LogP contribution in [0.25, 0.3) is 0 Å². The maximum atomic E-state index is 12.6. The van der Waals surface area contributed by atoms with E-state index in [0.717, 1.165) is 30.6 Å². The minimum Gasteiger partial charge on any atom is -0.497 e. The maximum absolute atomic E-state index is 12.6. The van der Waals surface area contributed by atoms with E-state index in [4.69, 9.17) is 4.74 Å². The molecule has 0 aromatic heterocycles. The number of ether oxygens (including phenoxy) is 1. The lowest BCUT2D eigenvalue weighted by Gasteiger charge is -2.33. The van der Waals surface area contributed by atoms with E-state index in [1.165, 1.54) is 5.56 Å². The second-order valence-electron chi connectivity index (χ2n) is 5.63. The Morgan fingerprint density at radius 1 is 1.38 bits per heavy atom. The SMILES string of the molecule is CCCCS(=O)(=O)C1CCc2ccc(OC)cc2C1NC. The molecule has 0 bridgehead atoms.